The Morgan fingerprint density at radius 1 is 1.60 bits per heavy atom. The van der Waals surface area contributed by atoms with Gasteiger partial charge in [-0.05, 0) is 6.42 Å². The summed E-state index contributed by atoms with van der Waals surface area (Å²) in [5, 5.41) is 12.6. The maximum atomic E-state index is 13.1. The fourth-order valence-corrected chi connectivity index (χ4v) is 1.90. The zero-order chi connectivity index (χ0) is 11.2. The molecule has 82 valence electrons. The molecule has 4 nitrogen and oxygen atoms in total. The number of rotatable bonds is 1. The number of nitrogens with zero attached hydrogens (tertiary/aromatic N) is 2. The molecular weight excluding hydrogens is 206 g/mol. The van der Waals surface area contributed by atoms with Crippen molar-refractivity contribution in [2.45, 2.75) is 25.2 Å². The average Bonchev–Trinajstić information content (AvgIpc) is 2.42. The van der Waals surface area contributed by atoms with E-state index >= 15 is 0 Å². The van der Waals surface area contributed by atoms with E-state index in [2.05, 4.69) is 5.10 Å². The Kier molecular flexibility index (Phi) is 2.02. The molecule has 0 aromatic carbocycles. The van der Waals surface area contributed by atoms with Crippen molar-refractivity contribution in [2.24, 2.45) is 7.05 Å². The molecule has 0 radical (unpaired) electrons. The Labute approximate surface area is 84.5 Å². The molecule has 0 atom stereocenters. The summed E-state index contributed by atoms with van der Waals surface area (Å²) in [5.74, 6) is -3.90. The van der Waals surface area contributed by atoms with E-state index in [0.717, 1.165) is 0 Å². The van der Waals surface area contributed by atoms with Crippen molar-refractivity contribution in [1.82, 2.24) is 9.78 Å². The highest BCUT2D eigenvalue weighted by Gasteiger charge is 2.38. The predicted molar refractivity (Wildman–Crippen MR) is 47.1 cm³/mol. The molecule has 0 saturated carbocycles. The van der Waals surface area contributed by atoms with Crippen LogP contribution in [0.5, 0.6) is 0 Å². The fourth-order valence-electron chi connectivity index (χ4n) is 1.90. The highest BCUT2D eigenvalue weighted by molar-refractivity contribution is 5.87. The first-order chi connectivity index (χ1) is 6.91. The highest BCUT2D eigenvalue weighted by atomic mass is 19.3. The average molecular weight is 216 g/mol. The van der Waals surface area contributed by atoms with E-state index in [9.17, 15) is 13.6 Å². The Bertz CT molecular complexity index is 426. The number of carboxylic acids is 1. The van der Waals surface area contributed by atoms with Gasteiger partial charge in [0, 0.05) is 24.7 Å². The summed E-state index contributed by atoms with van der Waals surface area (Å²) in [5.41, 5.74) is 0.697. The van der Waals surface area contributed by atoms with Gasteiger partial charge in [0.15, 0.2) is 5.69 Å². The topological polar surface area (TPSA) is 55.1 Å². The van der Waals surface area contributed by atoms with E-state index in [1.54, 1.807) is 0 Å². The van der Waals surface area contributed by atoms with Gasteiger partial charge in [0.2, 0.25) is 0 Å². The van der Waals surface area contributed by atoms with Crippen LogP contribution >= 0.6 is 0 Å². The van der Waals surface area contributed by atoms with Crippen molar-refractivity contribution in [3.05, 3.63) is 17.0 Å². The third-order valence-corrected chi connectivity index (χ3v) is 2.64. The summed E-state index contributed by atoms with van der Waals surface area (Å²) >= 11 is 0. The maximum Gasteiger partial charge on any atom is 0.356 e. The van der Waals surface area contributed by atoms with Gasteiger partial charge in [-0.2, -0.15) is 5.10 Å². The fraction of sp³-hybridized carbons (Fsp3) is 0.556. The van der Waals surface area contributed by atoms with Gasteiger partial charge in [0.05, 0.1) is 6.42 Å². The molecule has 0 saturated heterocycles. The number of halogens is 2. The molecule has 1 aliphatic rings. The van der Waals surface area contributed by atoms with Gasteiger partial charge in [-0.3, -0.25) is 4.68 Å². The molecule has 0 spiro atoms. The second-order valence-corrected chi connectivity index (χ2v) is 3.74. The molecule has 1 heterocycles. The molecule has 0 amide bonds. The lowest BCUT2D eigenvalue weighted by Gasteiger charge is -2.22. The van der Waals surface area contributed by atoms with E-state index in [1.807, 2.05) is 0 Å². The third-order valence-electron chi connectivity index (χ3n) is 2.64. The van der Waals surface area contributed by atoms with Gasteiger partial charge in [-0.25, -0.2) is 13.6 Å². The first-order valence-corrected chi connectivity index (χ1v) is 4.56. The standard InChI is InChI=1S/C9H10F2N2O2/c1-13-6-4-9(10,11)3-2-5(6)7(12-13)8(14)15/h2-4H2,1H3,(H,14,15). The van der Waals surface area contributed by atoms with Crippen molar-refractivity contribution < 1.29 is 18.7 Å². The molecular formula is C9H10F2N2O2. The number of hydrogen-bond acceptors (Lipinski definition) is 2. The van der Waals surface area contributed by atoms with Crippen molar-refractivity contribution in [2.75, 3.05) is 0 Å². The van der Waals surface area contributed by atoms with Crippen molar-refractivity contribution in [3.63, 3.8) is 0 Å². The number of carboxylic acid groups (broad SMARTS) is 1. The number of fused-ring (bicyclic) bond motifs is 1. The van der Waals surface area contributed by atoms with Crippen LogP contribution in [0.4, 0.5) is 8.78 Å². The van der Waals surface area contributed by atoms with Crippen LogP contribution in [0, 0.1) is 0 Å². The predicted octanol–water partition coefficient (Wildman–Crippen LogP) is 1.24. The molecule has 0 aliphatic heterocycles. The lowest BCUT2D eigenvalue weighted by Crippen LogP contribution is -2.27. The first kappa shape index (κ1) is 10.1. The Hall–Kier alpha value is -1.46. The van der Waals surface area contributed by atoms with Gasteiger partial charge < -0.3 is 5.11 Å². The van der Waals surface area contributed by atoms with Gasteiger partial charge in [-0.15, -0.1) is 0 Å². The highest BCUT2D eigenvalue weighted by Crippen LogP contribution is 2.34. The van der Waals surface area contributed by atoms with Crippen LogP contribution in [0.1, 0.15) is 28.2 Å². The van der Waals surface area contributed by atoms with Gasteiger partial charge in [0.1, 0.15) is 0 Å². The summed E-state index contributed by atoms with van der Waals surface area (Å²) in [4.78, 5) is 10.8. The zero-order valence-electron chi connectivity index (χ0n) is 8.13. The number of alkyl halides is 2. The SMILES string of the molecule is Cn1nc(C(=O)O)c2c1CC(F)(F)CC2. The largest absolute Gasteiger partial charge is 0.476 e. The number of aromatic carboxylic acids is 1. The third kappa shape index (κ3) is 1.60. The van der Waals surface area contributed by atoms with E-state index in [4.69, 9.17) is 5.11 Å². The summed E-state index contributed by atoms with van der Waals surface area (Å²) in [6.45, 7) is 0. The van der Waals surface area contributed by atoms with Crippen molar-refractivity contribution in [1.29, 1.82) is 0 Å². The normalized spacial score (nSPS) is 18.6. The summed E-state index contributed by atoms with van der Waals surface area (Å²) in [6.07, 6.45) is -0.636. The lowest BCUT2D eigenvalue weighted by molar-refractivity contribution is -0.0141. The lowest BCUT2D eigenvalue weighted by atomic mass is 9.93. The summed E-state index contributed by atoms with van der Waals surface area (Å²) in [6, 6.07) is 0. The van der Waals surface area contributed by atoms with Crippen LogP contribution in [-0.2, 0) is 19.9 Å². The molecule has 0 unspecified atom stereocenters. The smallest absolute Gasteiger partial charge is 0.356 e. The van der Waals surface area contributed by atoms with Crippen LogP contribution in [-0.4, -0.2) is 26.8 Å². The number of hydrogen-bond donors (Lipinski definition) is 1. The second-order valence-electron chi connectivity index (χ2n) is 3.74. The summed E-state index contributed by atoms with van der Waals surface area (Å²) < 4.78 is 27.4. The van der Waals surface area contributed by atoms with Crippen LogP contribution in [0.15, 0.2) is 0 Å². The Morgan fingerprint density at radius 2 is 2.27 bits per heavy atom. The van der Waals surface area contributed by atoms with Gasteiger partial charge in [-0.1, -0.05) is 0 Å². The minimum Gasteiger partial charge on any atom is -0.476 e. The van der Waals surface area contributed by atoms with Crippen molar-refractivity contribution >= 4 is 5.97 Å². The molecule has 0 bridgehead atoms. The number of aryl methyl sites for hydroxylation is 1. The maximum absolute atomic E-state index is 13.1. The molecule has 0 fully saturated rings. The molecule has 6 heteroatoms. The van der Waals surface area contributed by atoms with Gasteiger partial charge in [0.25, 0.3) is 5.92 Å². The van der Waals surface area contributed by atoms with Crippen LogP contribution < -0.4 is 0 Å². The van der Waals surface area contributed by atoms with E-state index in [-0.39, 0.29) is 18.5 Å². The van der Waals surface area contributed by atoms with Crippen LogP contribution in [0.25, 0.3) is 0 Å². The number of carbonyl (C=O) groups is 1. The molecule has 1 aromatic rings. The zero-order valence-corrected chi connectivity index (χ0v) is 8.13. The van der Waals surface area contributed by atoms with Crippen LogP contribution in [0.2, 0.25) is 0 Å². The van der Waals surface area contributed by atoms with Crippen LogP contribution in [0.3, 0.4) is 0 Å². The van der Waals surface area contributed by atoms with E-state index in [0.29, 0.717) is 11.3 Å². The molecule has 1 aromatic heterocycles. The Balaban J connectivity index is 2.49. The quantitative estimate of drug-likeness (QED) is 0.768. The van der Waals surface area contributed by atoms with Gasteiger partial charge >= 0.3 is 5.97 Å². The Morgan fingerprint density at radius 3 is 2.87 bits per heavy atom. The molecule has 15 heavy (non-hydrogen) atoms. The second kappa shape index (κ2) is 3.01. The van der Waals surface area contributed by atoms with Crippen molar-refractivity contribution in [3.8, 4) is 0 Å². The molecule has 2 rings (SSSR count). The van der Waals surface area contributed by atoms with E-state index < -0.39 is 18.3 Å². The molecule has 1 aliphatic carbocycles. The first-order valence-electron chi connectivity index (χ1n) is 4.56. The summed E-state index contributed by atoms with van der Waals surface area (Å²) in [7, 11) is 1.49. The monoisotopic (exact) mass is 216 g/mol. The number of aromatic nitrogens is 2. The van der Waals surface area contributed by atoms with E-state index in [1.165, 1.54) is 11.7 Å². The molecule has 1 N–H and O–H groups in total. The minimum absolute atomic E-state index is 0.0812. The minimum atomic E-state index is -2.74.